The minimum atomic E-state index is 0.407. The molecule has 19 heavy (non-hydrogen) atoms. The van der Waals surface area contributed by atoms with Gasteiger partial charge in [0.2, 0.25) is 0 Å². The van der Waals surface area contributed by atoms with Crippen molar-refractivity contribution in [3.63, 3.8) is 0 Å². The van der Waals surface area contributed by atoms with Gasteiger partial charge in [0.25, 0.3) is 0 Å². The third kappa shape index (κ3) is 4.52. The smallest absolute Gasteiger partial charge is 0.161 e. The molecule has 1 aromatic rings. The summed E-state index contributed by atoms with van der Waals surface area (Å²) in [6.07, 6.45) is 9.44. The average Bonchev–Trinajstić information content (AvgIpc) is 2.44. The molecule has 0 bridgehead atoms. The molecule has 0 radical (unpaired) electrons. The number of rotatable bonds is 8. The number of hydrogen-bond donors (Lipinski definition) is 0. The topological polar surface area (TPSA) is 18.5 Å². The van der Waals surface area contributed by atoms with E-state index in [0.717, 1.165) is 37.2 Å². The summed E-state index contributed by atoms with van der Waals surface area (Å²) in [7, 11) is 1.67. The van der Waals surface area contributed by atoms with Crippen LogP contribution in [-0.2, 0) is 0 Å². The Hall–Kier alpha value is -1.62. The van der Waals surface area contributed by atoms with Crippen LogP contribution >= 0.6 is 0 Å². The SMILES string of the molecule is C#CCC(CCC)c1ccc(OCCC)c(OC)c1. The van der Waals surface area contributed by atoms with Crippen LogP contribution in [0.25, 0.3) is 0 Å². The number of terminal acetylenes is 1. The number of ether oxygens (including phenoxy) is 2. The molecule has 0 aliphatic carbocycles. The van der Waals surface area contributed by atoms with E-state index < -0.39 is 0 Å². The Morgan fingerprint density at radius 2 is 2.00 bits per heavy atom. The van der Waals surface area contributed by atoms with Gasteiger partial charge in [-0.25, -0.2) is 0 Å². The first-order valence-electron chi connectivity index (χ1n) is 7.00. The average molecular weight is 260 g/mol. The van der Waals surface area contributed by atoms with E-state index in [9.17, 15) is 0 Å². The van der Waals surface area contributed by atoms with Crippen molar-refractivity contribution < 1.29 is 9.47 Å². The third-order valence-electron chi connectivity index (χ3n) is 3.12. The molecule has 1 unspecified atom stereocenters. The molecule has 1 aromatic carbocycles. The van der Waals surface area contributed by atoms with E-state index >= 15 is 0 Å². The van der Waals surface area contributed by atoms with Gasteiger partial charge in [0.1, 0.15) is 0 Å². The lowest BCUT2D eigenvalue weighted by atomic mass is 9.91. The fourth-order valence-corrected chi connectivity index (χ4v) is 2.15. The van der Waals surface area contributed by atoms with Crippen molar-refractivity contribution in [2.24, 2.45) is 0 Å². The summed E-state index contributed by atoms with van der Waals surface area (Å²) >= 11 is 0. The van der Waals surface area contributed by atoms with Gasteiger partial charge in [-0.15, -0.1) is 12.3 Å². The van der Waals surface area contributed by atoms with Gasteiger partial charge in [-0.3, -0.25) is 0 Å². The molecule has 2 heteroatoms. The highest BCUT2D eigenvalue weighted by atomic mass is 16.5. The molecule has 0 fully saturated rings. The molecule has 1 rings (SSSR count). The second kappa shape index (κ2) is 8.48. The molecular weight excluding hydrogens is 236 g/mol. The molecule has 0 spiro atoms. The highest BCUT2D eigenvalue weighted by molar-refractivity contribution is 5.44. The zero-order valence-electron chi connectivity index (χ0n) is 12.2. The maximum absolute atomic E-state index is 5.67. The van der Waals surface area contributed by atoms with Crippen LogP contribution in [0.1, 0.15) is 51.0 Å². The van der Waals surface area contributed by atoms with E-state index in [1.807, 2.05) is 6.07 Å². The Morgan fingerprint density at radius 1 is 1.21 bits per heavy atom. The van der Waals surface area contributed by atoms with Crippen molar-refractivity contribution in [2.45, 2.75) is 45.4 Å². The van der Waals surface area contributed by atoms with E-state index in [4.69, 9.17) is 15.9 Å². The Labute approximate surface area is 117 Å². The van der Waals surface area contributed by atoms with Gasteiger partial charge in [0.15, 0.2) is 11.5 Å². The van der Waals surface area contributed by atoms with Crippen molar-refractivity contribution in [1.82, 2.24) is 0 Å². The van der Waals surface area contributed by atoms with Gasteiger partial charge < -0.3 is 9.47 Å². The molecule has 104 valence electrons. The van der Waals surface area contributed by atoms with Crippen molar-refractivity contribution in [1.29, 1.82) is 0 Å². The van der Waals surface area contributed by atoms with Crippen LogP contribution < -0.4 is 9.47 Å². The first-order chi connectivity index (χ1) is 9.26. The highest BCUT2D eigenvalue weighted by Gasteiger charge is 2.13. The fourth-order valence-electron chi connectivity index (χ4n) is 2.15. The third-order valence-corrected chi connectivity index (χ3v) is 3.12. The molecule has 0 N–H and O–H groups in total. The Morgan fingerprint density at radius 3 is 2.58 bits per heavy atom. The zero-order chi connectivity index (χ0) is 14.1. The van der Waals surface area contributed by atoms with Crippen molar-refractivity contribution in [2.75, 3.05) is 13.7 Å². The highest BCUT2D eigenvalue weighted by Crippen LogP contribution is 2.33. The van der Waals surface area contributed by atoms with E-state index in [-0.39, 0.29) is 0 Å². The van der Waals surface area contributed by atoms with E-state index in [0.29, 0.717) is 12.5 Å². The summed E-state index contributed by atoms with van der Waals surface area (Å²) < 4.78 is 11.1. The monoisotopic (exact) mass is 260 g/mol. The van der Waals surface area contributed by atoms with Crippen molar-refractivity contribution in [3.05, 3.63) is 23.8 Å². The lowest BCUT2D eigenvalue weighted by molar-refractivity contribution is 0.294. The Bertz CT molecular complexity index is 418. The summed E-state index contributed by atoms with van der Waals surface area (Å²) in [5.74, 6) is 4.78. The lowest BCUT2D eigenvalue weighted by Crippen LogP contribution is -2.01. The van der Waals surface area contributed by atoms with Crippen LogP contribution in [0, 0.1) is 12.3 Å². The van der Waals surface area contributed by atoms with Gasteiger partial charge >= 0.3 is 0 Å². The van der Waals surface area contributed by atoms with Gasteiger partial charge in [-0.1, -0.05) is 26.3 Å². The molecule has 0 saturated heterocycles. The molecule has 1 atom stereocenters. The second-order valence-corrected chi connectivity index (χ2v) is 4.65. The standard InChI is InChI=1S/C17H24O2/c1-5-8-14(9-6-2)15-10-11-16(19-12-7-3)17(13-15)18-4/h1,10-11,13-14H,6-9,12H2,2-4H3. The predicted molar refractivity (Wildman–Crippen MR) is 79.9 cm³/mol. The van der Waals surface area contributed by atoms with Gasteiger partial charge in [0, 0.05) is 6.42 Å². The largest absolute Gasteiger partial charge is 0.493 e. The maximum atomic E-state index is 5.67. The first kappa shape index (κ1) is 15.4. The van der Waals surface area contributed by atoms with E-state index in [2.05, 4.69) is 31.9 Å². The lowest BCUT2D eigenvalue weighted by Gasteiger charge is -2.17. The van der Waals surface area contributed by atoms with Gasteiger partial charge in [-0.2, -0.15) is 0 Å². The molecule has 0 aromatic heterocycles. The normalized spacial score (nSPS) is 11.7. The van der Waals surface area contributed by atoms with Crippen LogP contribution in [0.2, 0.25) is 0 Å². The van der Waals surface area contributed by atoms with Crippen molar-refractivity contribution in [3.8, 4) is 23.8 Å². The van der Waals surface area contributed by atoms with Gasteiger partial charge in [0.05, 0.1) is 13.7 Å². The minimum Gasteiger partial charge on any atom is -0.493 e. The zero-order valence-corrected chi connectivity index (χ0v) is 12.2. The molecule has 0 heterocycles. The van der Waals surface area contributed by atoms with Gasteiger partial charge in [-0.05, 0) is 36.5 Å². The van der Waals surface area contributed by atoms with E-state index in [1.54, 1.807) is 7.11 Å². The minimum absolute atomic E-state index is 0.407. The second-order valence-electron chi connectivity index (χ2n) is 4.65. The Balaban J connectivity index is 2.93. The molecule has 0 amide bonds. The number of methoxy groups -OCH3 is 1. The van der Waals surface area contributed by atoms with Crippen LogP contribution in [-0.4, -0.2) is 13.7 Å². The predicted octanol–water partition coefficient (Wildman–Crippen LogP) is 4.39. The van der Waals surface area contributed by atoms with Crippen molar-refractivity contribution >= 4 is 0 Å². The summed E-state index contributed by atoms with van der Waals surface area (Å²) in [6.45, 7) is 4.98. The molecule has 0 aliphatic rings. The maximum Gasteiger partial charge on any atom is 0.161 e. The summed E-state index contributed by atoms with van der Waals surface area (Å²) in [5.41, 5.74) is 1.24. The first-order valence-corrected chi connectivity index (χ1v) is 7.00. The fraction of sp³-hybridized carbons (Fsp3) is 0.529. The van der Waals surface area contributed by atoms with Crippen LogP contribution in [0.3, 0.4) is 0 Å². The quantitative estimate of drug-likeness (QED) is 0.645. The van der Waals surface area contributed by atoms with Crippen LogP contribution in [0.15, 0.2) is 18.2 Å². The molecule has 0 aliphatic heterocycles. The number of hydrogen-bond acceptors (Lipinski definition) is 2. The molecule has 0 saturated carbocycles. The molecule has 2 nitrogen and oxygen atoms in total. The van der Waals surface area contributed by atoms with Crippen LogP contribution in [0.4, 0.5) is 0 Å². The van der Waals surface area contributed by atoms with Crippen LogP contribution in [0.5, 0.6) is 11.5 Å². The van der Waals surface area contributed by atoms with E-state index in [1.165, 1.54) is 5.56 Å². The summed E-state index contributed by atoms with van der Waals surface area (Å²) in [5, 5.41) is 0. The Kier molecular flexibility index (Phi) is 6.89. The number of benzene rings is 1. The summed E-state index contributed by atoms with van der Waals surface area (Å²) in [4.78, 5) is 0. The summed E-state index contributed by atoms with van der Waals surface area (Å²) in [6, 6.07) is 6.15. The molecular formula is C17H24O2.